The van der Waals surface area contributed by atoms with Gasteiger partial charge in [-0.1, -0.05) is 6.07 Å². The largest absolute Gasteiger partial charge is 0.375 e. The van der Waals surface area contributed by atoms with Gasteiger partial charge in [-0.3, -0.25) is 9.59 Å². The van der Waals surface area contributed by atoms with Crippen molar-refractivity contribution in [3.05, 3.63) is 24.3 Å². The molecule has 0 fully saturated rings. The topological polar surface area (TPSA) is 93.5 Å². The van der Waals surface area contributed by atoms with E-state index in [0.717, 1.165) is 0 Å². The molecule has 1 rings (SSSR count). The second-order valence-electron chi connectivity index (χ2n) is 3.65. The molecule has 1 aromatic rings. The van der Waals surface area contributed by atoms with Gasteiger partial charge in [0, 0.05) is 31.5 Å². The summed E-state index contributed by atoms with van der Waals surface area (Å²) in [6.07, 6.45) is 0.264. The summed E-state index contributed by atoms with van der Waals surface area (Å²) in [6.45, 7) is 0.292. The lowest BCUT2D eigenvalue weighted by Gasteiger charge is -2.08. The van der Waals surface area contributed by atoms with E-state index in [9.17, 15) is 9.59 Å². The number of amides is 2. The number of hydrogen-bond acceptors (Lipinski definition) is 4. The van der Waals surface area contributed by atoms with Gasteiger partial charge in [0.25, 0.3) is 0 Å². The fourth-order valence-electron chi connectivity index (χ4n) is 1.36. The zero-order valence-electron chi connectivity index (χ0n) is 10.2. The van der Waals surface area contributed by atoms with Crippen molar-refractivity contribution in [2.75, 3.05) is 30.9 Å². The molecule has 1 aromatic carbocycles. The van der Waals surface area contributed by atoms with Crippen molar-refractivity contribution < 1.29 is 14.3 Å². The highest BCUT2D eigenvalue weighted by Crippen LogP contribution is 2.15. The predicted molar refractivity (Wildman–Crippen MR) is 69.2 cm³/mol. The van der Waals surface area contributed by atoms with E-state index in [2.05, 4.69) is 10.6 Å². The SMILES string of the molecule is COCC(=O)Nc1cccc(NC(=O)CCN)c1. The van der Waals surface area contributed by atoms with Crippen LogP contribution in [-0.2, 0) is 14.3 Å². The molecule has 4 N–H and O–H groups in total. The van der Waals surface area contributed by atoms with Crippen molar-refractivity contribution in [1.82, 2.24) is 0 Å². The fourth-order valence-corrected chi connectivity index (χ4v) is 1.36. The molecule has 0 aromatic heterocycles. The lowest BCUT2D eigenvalue weighted by molar-refractivity contribution is -0.119. The Morgan fingerprint density at radius 1 is 1.22 bits per heavy atom. The van der Waals surface area contributed by atoms with Crippen molar-refractivity contribution in [3.8, 4) is 0 Å². The summed E-state index contributed by atoms with van der Waals surface area (Å²) in [4.78, 5) is 22.7. The number of hydrogen-bond donors (Lipinski definition) is 3. The molecule has 98 valence electrons. The highest BCUT2D eigenvalue weighted by atomic mass is 16.5. The van der Waals surface area contributed by atoms with Crippen LogP contribution in [0.4, 0.5) is 11.4 Å². The van der Waals surface area contributed by atoms with Gasteiger partial charge in [-0.05, 0) is 18.2 Å². The zero-order valence-corrected chi connectivity index (χ0v) is 10.2. The first-order valence-corrected chi connectivity index (χ1v) is 5.54. The van der Waals surface area contributed by atoms with Gasteiger partial charge in [-0.15, -0.1) is 0 Å². The van der Waals surface area contributed by atoms with E-state index in [1.807, 2.05) is 0 Å². The van der Waals surface area contributed by atoms with E-state index in [-0.39, 0.29) is 24.8 Å². The predicted octanol–water partition coefficient (Wildman–Crippen LogP) is 0.559. The summed E-state index contributed by atoms with van der Waals surface area (Å²) in [5.74, 6) is -0.402. The van der Waals surface area contributed by atoms with Crippen LogP contribution in [0.25, 0.3) is 0 Å². The van der Waals surface area contributed by atoms with Crippen LogP contribution in [0.5, 0.6) is 0 Å². The fraction of sp³-hybridized carbons (Fsp3) is 0.333. The van der Waals surface area contributed by atoms with Crippen molar-refractivity contribution in [1.29, 1.82) is 0 Å². The third-order valence-electron chi connectivity index (χ3n) is 2.08. The van der Waals surface area contributed by atoms with E-state index in [4.69, 9.17) is 10.5 Å². The van der Waals surface area contributed by atoms with Crippen molar-refractivity contribution in [2.45, 2.75) is 6.42 Å². The quantitative estimate of drug-likeness (QED) is 0.688. The normalized spacial score (nSPS) is 9.89. The lowest BCUT2D eigenvalue weighted by atomic mass is 10.2. The Bertz CT molecular complexity index is 386. The molecular formula is C12H17N3O3. The number of nitrogens with two attached hydrogens (primary N) is 1. The standard InChI is InChI=1S/C12H17N3O3/c1-18-8-12(17)15-10-4-2-3-9(7-10)14-11(16)5-6-13/h2-4,7H,5-6,8,13H2,1H3,(H,14,16)(H,15,17). The van der Waals surface area contributed by atoms with Crippen LogP contribution in [0.15, 0.2) is 24.3 Å². The minimum Gasteiger partial charge on any atom is -0.375 e. The molecule has 0 heterocycles. The first-order chi connectivity index (χ1) is 8.65. The molecule has 0 aliphatic carbocycles. The Labute approximate surface area is 105 Å². The number of methoxy groups -OCH3 is 1. The summed E-state index contributed by atoms with van der Waals surface area (Å²) in [6, 6.07) is 6.87. The number of carbonyl (C=O) groups excluding carboxylic acids is 2. The molecule has 0 aliphatic heterocycles. The van der Waals surface area contributed by atoms with Gasteiger partial charge < -0.3 is 21.1 Å². The molecule has 6 nitrogen and oxygen atoms in total. The molecule has 0 aliphatic rings. The minimum atomic E-state index is -0.247. The maximum Gasteiger partial charge on any atom is 0.250 e. The van der Waals surface area contributed by atoms with Gasteiger partial charge in [0.15, 0.2) is 0 Å². The molecule has 0 radical (unpaired) electrons. The number of benzene rings is 1. The van der Waals surface area contributed by atoms with Gasteiger partial charge in [-0.2, -0.15) is 0 Å². The molecule has 0 atom stereocenters. The smallest absolute Gasteiger partial charge is 0.250 e. The van der Waals surface area contributed by atoms with Crippen molar-refractivity contribution in [2.24, 2.45) is 5.73 Å². The maximum absolute atomic E-state index is 11.3. The number of carbonyl (C=O) groups is 2. The van der Waals surface area contributed by atoms with E-state index in [1.54, 1.807) is 24.3 Å². The van der Waals surface area contributed by atoms with Gasteiger partial charge in [-0.25, -0.2) is 0 Å². The third-order valence-corrected chi connectivity index (χ3v) is 2.08. The first kappa shape index (κ1) is 14.1. The van der Waals surface area contributed by atoms with Crippen molar-refractivity contribution in [3.63, 3.8) is 0 Å². The zero-order chi connectivity index (χ0) is 13.4. The molecule has 18 heavy (non-hydrogen) atoms. The van der Waals surface area contributed by atoms with E-state index >= 15 is 0 Å². The Morgan fingerprint density at radius 3 is 2.39 bits per heavy atom. The second-order valence-corrected chi connectivity index (χ2v) is 3.65. The van der Waals surface area contributed by atoms with E-state index < -0.39 is 0 Å². The Balaban J connectivity index is 2.61. The number of ether oxygens (including phenoxy) is 1. The van der Waals surface area contributed by atoms with E-state index in [1.165, 1.54) is 7.11 Å². The number of anilines is 2. The average molecular weight is 251 g/mol. The number of rotatable bonds is 6. The molecular weight excluding hydrogens is 234 g/mol. The first-order valence-electron chi connectivity index (χ1n) is 5.54. The van der Waals surface area contributed by atoms with Crippen LogP contribution < -0.4 is 16.4 Å². The van der Waals surface area contributed by atoms with Gasteiger partial charge in [0.05, 0.1) is 0 Å². The summed E-state index contributed by atoms with van der Waals surface area (Å²) >= 11 is 0. The van der Waals surface area contributed by atoms with Gasteiger partial charge >= 0.3 is 0 Å². The van der Waals surface area contributed by atoms with Crippen LogP contribution in [0.2, 0.25) is 0 Å². The molecule has 2 amide bonds. The molecule has 0 bridgehead atoms. The van der Waals surface area contributed by atoms with Crippen LogP contribution in [-0.4, -0.2) is 32.1 Å². The van der Waals surface area contributed by atoms with Gasteiger partial charge in [0.1, 0.15) is 6.61 Å². The molecule has 6 heteroatoms. The van der Waals surface area contributed by atoms with Crippen molar-refractivity contribution >= 4 is 23.2 Å². The molecule has 0 spiro atoms. The summed E-state index contributed by atoms with van der Waals surface area (Å²) in [5.41, 5.74) is 6.49. The van der Waals surface area contributed by atoms with Crippen LogP contribution in [0, 0.1) is 0 Å². The van der Waals surface area contributed by atoms with E-state index in [0.29, 0.717) is 17.9 Å². The number of nitrogens with one attached hydrogen (secondary N) is 2. The Kier molecular flexibility index (Phi) is 5.83. The monoisotopic (exact) mass is 251 g/mol. The Hall–Kier alpha value is -1.92. The molecule has 0 saturated heterocycles. The maximum atomic E-state index is 11.3. The van der Waals surface area contributed by atoms with Crippen LogP contribution >= 0.6 is 0 Å². The molecule has 0 unspecified atom stereocenters. The van der Waals surface area contributed by atoms with Gasteiger partial charge in [0.2, 0.25) is 11.8 Å². The minimum absolute atomic E-state index is 0.0102. The van der Waals surface area contributed by atoms with Crippen LogP contribution in [0.1, 0.15) is 6.42 Å². The second kappa shape index (κ2) is 7.41. The third kappa shape index (κ3) is 4.94. The average Bonchev–Trinajstić information content (AvgIpc) is 2.29. The summed E-state index contributed by atoms with van der Waals surface area (Å²) in [5, 5.41) is 5.34. The summed E-state index contributed by atoms with van der Waals surface area (Å²) < 4.78 is 4.71. The lowest BCUT2D eigenvalue weighted by Crippen LogP contribution is -2.18. The van der Waals surface area contributed by atoms with Crippen LogP contribution in [0.3, 0.4) is 0 Å². The Morgan fingerprint density at radius 2 is 1.83 bits per heavy atom. The highest BCUT2D eigenvalue weighted by molar-refractivity contribution is 5.94. The highest BCUT2D eigenvalue weighted by Gasteiger charge is 2.04. The summed E-state index contributed by atoms with van der Waals surface area (Å²) in [7, 11) is 1.45. The molecule has 0 saturated carbocycles.